The van der Waals surface area contributed by atoms with E-state index in [4.69, 9.17) is 4.52 Å². The van der Waals surface area contributed by atoms with Gasteiger partial charge in [-0.1, -0.05) is 17.3 Å². The molecule has 0 aliphatic heterocycles. The maximum atomic E-state index is 13.6. The van der Waals surface area contributed by atoms with Gasteiger partial charge in [0.05, 0.1) is 17.8 Å². The second kappa shape index (κ2) is 10.8. The number of aromatic nitrogens is 1. The highest BCUT2D eigenvalue weighted by Gasteiger charge is 2.31. The highest BCUT2D eigenvalue weighted by atomic mass is 32.2. The molecular formula is C26H17F5N4O3S. The summed E-state index contributed by atoms with van der Waals surface area (Å²) in [6, 6.07) is 13.1. The van der Waals surface area contributed by atoms with E-state index in [9.17, 15) is 26.7 Å². The lowest BCUT2D eigenvalue weighted by molar-refractivity contribution is -0.274. The second-order valence-corrected chi connectivity index (χ2v) is 8.93. The molecule has 1 aromatic heterocycles. The first-order valence-corrected chi connectivity index (χ1v) is 12.1. The van der Waals surface area contributed by atoms with Crippen molar-refractivity contribution in [2.75, 3.05) is 5.32 Å². The molecule has 0 radical (unpaired) electrons. The van der Waals surface area contributed by atoms with Crippen LogP contribution in [0.5, 0.6) is 5.75 Å². The average Bonchev–Trinajstić information content (AvgIpc) is 3.32. The summed E-state index contributed by atoms with van der Waals surface area (Å²) in [5.74, 6) is -1.49. The number of carbonyl (C=O) groups is 1. The van der Waals surface area contributed by atoms with E-state index in [2.05, 4.69) is 24.3 Å². The highest BCUT2D eigenvalue weighted by Crippen LogP contribution is 2.39. The Bertz CT molecular complexity index is 1550. The number of ether oxygens (including phenoxy) is 1. The number of urea groups is 1. The third-order valence-corrected chi connectivity index (χ3v) is 6.23. The Labute approximate surface area is 222 Å². The summed E-state index contributed by atoms with van der Waals surface area (Å²) < 4.78 is 79.8. The van der Waals surface area contributed by atoms with E-state index in [1.54, 1.807) is 0 Å². The summed E-state index contributed by atoms with van der Waals surface area (Å²) in [6.07, 6.45) is -1.95. The monoisotopic (exact) mass is 560 g/mol. The molecule has 0 saturated carbocycles. The Morgan fingerprint density at radius 3 is 2.59 bits per heavy atom. The van der Waals surface area contributed by atoms with Gasteiger partial charge in [-0.15, -0.1) is 13.2 Å². The van der Waals surface area contributed by atoms with Crippen LogP contribution >= 0.6 is 12.1 Å². The maximum Gasteiger partial charge on any atom is 0.573 e. The Morgan fingerprint density at radius 2 is 1.85 bits per heavy atom. The van der Waals surface area contributed by atoms with E-state index >= 15 is 0 Å². The van der Waals surface area contributed by atoms with Crippen LogP contribution in [0.25, 0.3) is 22.6 Å². The summed E-state index contributed by atoms with van der Waals surface area (Å²) >= 11 is 0.727. The third-order valence-electron chi connectivity index (χ3n) is 5.74. The largest absolute Gasteiger partial charge is 0.573 e. The Morgan fingerprint density at radius 1 is 1.05 bits per heavy atom. The number of hydrogen-bond acceptors (Lipinski definition) is 6. The molecule has 7 nitrogen and oxygen atoms in total. The standard InChI is InChI=1S/C26H17F5N4O3S/c27-17-5-10-22(21(28)12-17)33-25(36)35-39-32-13-14-1-8-19-16(11-14)4-9-20-23(19)34-38-24(20)15-2-6-18(7-3-15)37-26(29,30)31/h1-3,5-8,10-13H,4,9H2,(H2,33,35,36)/b32-13+. The van der Waals surface area contributed by atoms with Gasteiger partial charge in [-0.25, -0.2) is 18.0 Å². The fourth-order valence-corrected chi connectivity index (χ4v) is 4.43. The lowest BCUT2D eigenvalue weighted by atomic mass is 9.87. The minimum Gasteiger partial charge on any atom is -0.406 e. The predicted octanol–water partition coefficient (Wildman–Crippen LogP) is 7.09. The molecule has 2 N–H and O–H groups in total. The van der Waals surface area contributed by atoms with Gasteiger partial charge < -0.3 is 14.6 Å². The zero-order chi connectivity index (χ0) is 27.6. The van der Waals surface area contributed by atoms with Crippen LogP contribution in [0.4, 0.5) is 32.4 Å². The number of fused-ring (bicyclic) bond motifs is 3. The van der Waals surface area contributed by atoms with E-state index in [-0.39, 0.29) is 11.4 Å². The van der Waals surface area contributed by atoms with E-state index in [1.807, 2.05) is 18.2 Å². The molecule has 3 aromatic carbocycles. The molecule has 1 aliphatic carbocycles. The van der Waals surface area contributed by atoms with Crippen molar-refractivity contribution in [2.45, 2.75) is 19.2 Å². The molecule has 0 unspecified atom stereocenters. The third kappa shape index (κ3) is 6.20. The summed E-state index contributed by atoms with van der Waals surface area (Å²) in [7, 11) is 0. The molecule has 2 amide bonds. The van der Waals surface area contributed by atoms with Gasteiger partial charge in [0, 0.05) is 29.0 Å². The highest BCUT2D eigenvalue weighted by molar-refractivity contribution is 7.96. The van der Waals surface area contributed by atoms with Crippen molar-refractivity contribution in [1.29, 1.82) is 0 Å². The molecule has 1 heterocycles. The molecule has 4 aromatic rings. The first kappa shape index (κ1) is 26.2. The second-order valence-electron chi connectivity index (χ2n) is 8.33. The fraction of sp³-hybridized carbons (Fsp3) is 0.115. The fourth-order valence-electron chi connectivity index (χ4n) is 4.07. The van der Waals surface area contributed by atoms with Gasteiger partial charge in [-0.05, 0) is 66.4 Å². The molecule has 39 heavy (non-hydrogen) atoms. The van der Waals surface area contributed by atoms with Crippen LogP contribution in [-0.4, -0.2) is 23.8 Å². The van der Waals surface area contributed by atoms with Crippen LogP contribution in [0.1, 0.15) is 16.7 Å². The van der Waals surface area contributed by atoms with Gasteiger partial charge in [-0.2, -0.15) is 0 Å². The SMILES string of the molecule is O=C(NS/N=C/c1ccc2c(c1)CCc1c-2noc1-c1ccc(OC(F)(F)F)cc1)Nc1ccc(F)cc1F. The normalized spacial score (nSPS) is 12.6. The van der Waals surface area contributed by atoms with Crippen molar-refractivity contribution in [3.05, 3.63) is 89.0 Å². The van der Waals surface area contributed by atoms with Gasteiger partial charge in [0.25, 0.3) is 0 Å². The Balaban J connectivity index is 1.22. The molecule has 0 atom stereocenters. The molecule has 200 valence electrons. The molecule has 5 rings (SSSR count). The Hall–Kier alpha value is -4.39. The van der Waals surface area contributed by atoms with Crippen molar-refractivity contribution in [2.24, 2.45) is 4.40 Å². The van der Waals surface area contributed by atoms with Crippen molar-refractivity contribution >= 4 is 30.1 Å². The van der Waals surface area contributed by atoms with Crippen molar-refractivity contribution in [3.63, 3.8) is 0 Å². The van der Waals surface area contributed by atoms with Crippen molar-refractivity contribution in [3.8, 4) is 28.3 Å². The van der Waals surface area contributed by atoms with Crippen molar-refractivity contribution < 1.29 is 36.0 Å². The number of alkyl halides is 3. The topological polar surface area (TPSA) is 88.8 Å². The quantitative estimate of drug-likeness (QED) is 0.149. The number of anilines is 1. The number of halogens is 5. The van der Waals surface area contributed by atoms with Crippen LogP contribution in [-0.2, 0) is 12.8 Å². The number of hydrogen-bond donors (Lipinski definition) is 2. The van der Waals surface area contributed by atoms with Crippen LogP contribution < -0.4 is 14.8 Å². The minimum absolute atomic E-state index is 0.170. The van der Waals surface area contributed by atoms with Crippen LogP contribution in [0, 0.1) is 11.6 Å². The van der Waals surface area contributed by atoms with Crippen LogP contribution in [0.3, 0.4) is 0 Å². The lowest BCUT2D eigenvalue weighted by Gasteiger charge is -2.15. The van der Waals surface area contributed by atoms with E-state index in [0.717, 1.165) is 46.5 Å². The van der Waals surface area contributed by atoms with E-state index in [1.165, 1.54) is 30.5 Å². The van der Waals surface area contributed by atoms with Gasteiger partial charge in [-0.3, -0.25) is 4.72 Å². The summed E-state index contributed by atoms with van der Waals surface area (Å²) in [5.41, 5.74) is 4.56. The number of nitrogens with zero attached hydrogens (tertiary/aromatic N) is 2. The maximum absolute atomic E-state index is 13.6. The van der Waals surface area contributed by atoms with Crippen LogP contribution in [0.2, 0.25) is 0 Å². The zero-order valence-electron chi connectivity index (χ0n) is 19.7. The van der Waals surface area contributed by atoms with E-state index < -0.39 is 24.0 Å². The molecule has 0 saturated heterocycles. The average molecular weight is 561 g/mol. The first-order valence-electron chi connectivity index (χ1n) is 11.4. The molecule has 13 heteroatoms. The van der Waals surface area contributed by atoms with Gasteiger partial charge in [0.15, 0.2) is 5.76 Å². The summed E-state index contributed by atoms with van der Waals surface area (Å²) in [4.78, 5) is 11.9. The first-order chi connectivity index (χ1) is 18.7. The number of benzene rings is 3. The van der Waals surface area contributed by atoms with Gasteiger partial charge in [0.1, 0.15) is 23.1 Å². The zero-order valence-corrected chi connectivity index (χ0v) is 20.5. The van der Waals surface area contributed by atoms with Gasteiger partial charge in [0.2, 0.25) is 0 Å². The number of nitrogens with one attached hydrogen (secondary N) is 2. The smallest absolute Gasteiger partial charge is 0.406 e. The lowest BCUT2D eigenvalue weighted by Crippen LogP contribution is -2.22. The molecular weight excluding hydrogens is 543 g/mol. The van der Waals surface area contributed by atoms with Gasteiger partial charge >= 0.3 is 12.4 Å². The van der Waals surface area contributed by atoms with E-state index in [0.29, 0.717) is 35.9 Å². The number of amides is 2. The number of carbonyl (C=O) groups excluding carboxylic acids is 1. The van der Waals surface area contributed by atoms with Crippen LogP contribution in [0.15, 0.2) is 69.6 Å². The molecule has 0 spiro atoms. The number of aryl methyl sites for hydroxylation is 1. The number of rotatable bonds is 6. The minimum atomic E-state index is -4.77. The summed E-state index contributed by atoms with van der Waals surface area (Å²) in [5, 5.41) is 6.46. The van der Waals surface area contributed by atoms with Crippen molar-refractivity contribution in [1.82, 2.24) is 9.88 Å². The predicted molar refractivity (Wildman–Crippen MR) is 135 cm³/mol. The molecule has 0 bridgehead atoms. The molecule has 1 aliphatic rings. The Kier molecular flexibility index (Phi) is 7.24. The summed E-state index contributed by atoms with van der Waals surface area (Å²) in [6.45, 7) is 0. The molecule has 0 fully saturated rings.